The van der Waals surface area contributed by atoms with Gasteiger partial charge in [0.25, 0.3) is 5.92 Å². The molecule has 0 saturated heterocycles. The number of carbonyl (C=O) groups is 1. The van der Waals surface area contributed by atoms with Crippen LogP contribution in [0.15, 0.2) is 66.2 Å². The van der Waals surface area contributed by atoms with E-state index in [1.807, 2.05) is 30.3 Å². The predicted molar refractivity (Wildman–Crippen MR) is 133 cm³/mol. The van der Waals surface area contributed by atoms with E-state index < -0.39 is 17.0 Å². The maximum atomic E-state index is 13.6. The maximum absolute atomic E-state index is 13.6. The summed E-state index contributed by atoms with van der Waals surface area (Å²) in [5.41, 5.74) is 8.62. The monoisotopic (exact) mass is 492 g/mol. The quantitative estimate of drug-likeness (QED) is 0.287. The number of amidine groups is 1. The molecule has 0 amide bonds. The molecule has 1 fully saturated rings. The number of aromatic nitrogens is 3. The normalized spacial score (nSPS) is 15.4. The number of aliphatic imine (C=N–C) groups is 1. The van der Waals surface area contributed by atoms with Gasteiger partial charge < -0.3 is 15.8 Å². The number of benzene rings is 1. The molecule has 2 heterocycles. The number of hydrogen-bond donors (Lipinski definition) is 2. The van der Waals surface area contributed by atoms with E-state index in [-0.39, 0.29) is 11.8 Å². The first-order chi connectivity index (χ1) is 17.2. The molecule has 10 heteroatoms. The number of anilines is 1. The summed E-state index contributed by atoms with van der Waals surface area (Å²) in [6, 6.07) is 11.5. The number of ether oxygens (including phenoxy) is 1. The van der Waals surface area contributed by atoms with Crippen LogP contribution < -0.4 is 11.1 Å². The topological polar surface area (TPSA) is 115 Å². The second-order valence-corrected chi connectivity index (χ2v) is 8.54. The van der Waals surface area contributed by atoms with E-state index in [2.05, 4.69) is 25.3 Å². The van der Waals surface area contributed by atoms with Crippen molar-refractivity contribution in [1.82, 2.24) is 15.0 Å². The zero-order chi connectivity index (χ0) is 25.9. The first-order valence-corrected chi connectivity index (χ1v) is 11.2. The lowest BCUT2D eigenvalue weighted by Gasteiger charge is -2.15. The number of hydrogen-bond acceptors (Lipinski definition) is 7. The molecule has 0 spiro atoms. The minimum absolute atomic E-state index is 0.103. The second-order valence-electron chi connectivity index (χ2n) is 8.54. The van der Waals surface area contributed by atoms with Gasteiger partial charge in [0.15, 0.2) is 5.82 Å². The van der Waals surface area contributed by atoms with Gasteiger partial charge in [0.05, 0.1) is 36.2 Å². The lowest BCUT2D eigenvalue weighted by atomic mass is 9.94. The number of halogens is 2. The Morgan fingerprint density at radius 3 is 2.36 bits per heavy atom. The summed E-state index contributed by atoms with van der Waals surface area (Å²) in [6.07, 6.45) is 6.94. The third kappa shape index (κ3) is 4.93. The van der Waals surface area contributed by atoms with Crippen LogP contribution in [0.4, 0.5) is 14.6 Å². The number of methoxy groups -OCH3 is 1. The number of esters is 1. The Kier molecular flexibility index (Phi) is 6.78. The molecule has 2 aromatic heterocycles. The number of nitrogens with zero attached hydrogens (tertiary/aromatic N) is 4. The highest BCUT2D eigenvalue weighted by Crippen LogP contribution is 2.49. The number of carbonyl (C=O) groups excluding carboxylic acids is 1. The van der Waals surface area contributed by atoms with Gasteiger partial charge in [-0.15, -0.1) is 0 Å². The summed E-state index contributed by atoms with van der Waals surface area (Å²) < 4.78 is 32.2. The Morgan fingerprint density at radius 1 is 1.14 bits per heavy atom. The lowest BCUT2D eigenvalue weighted by molar-refractivity contribution is -0.143. The van der Waals surface area contributed by atoms with Crippen molar-refractivity contribution >= 4 is 23.2 Å². The van der Waals surface area contributed by atoms with Crippen molar-refractivity contribution in [2.45, 2.75) is 31.1 Å². The van der Waals surface area contributed by atoms with Crippen LogP contribution in [-0.4, -0.2) is 40.9 Å². The minimum atomic E-state index is -3.13. The molecule has 1 aromatic carbocycles. The molecule has 186 valence electrons. The van der Waals surface area contributed by atoms with Gasteiger partial charge in [-0.25, -0.2) is 4.98 Å². The van der Waals surface area contributed by atoms with Gasteiger partial charge in [0, 0.05) is 31.9 Å². The Morgan fingerprint density at radius 2 is 1.83 bits per heavy atom. The van der Waals surface area contributed by atoms with Crippen molar-refractivity contribution in [2.75, 3.05) is 19.5 Å². The summed E-state index contributed by atoms with van der Waals surface area (Å²) in [4.78, 5) is 28.6. The minimum Gasteiger partial charge on any atom is -0.468 e. The summed E-state index contributed by atoms with van der Waals surface area (Å²) >= 11 is 0. The standard InChI is InChI=1S/C26H26F2N6O2/c1-25(27,28)21-14-31-15-22(33-21)34-23(30-2)19(12-29)20-9-6-17(13-32-20)16-4-7-18(8-5-16)26(10-11-26)24(35)36-3/h4-9,12-15H,10-11,29H2,1-3H3,(H,30,33,34). The van der Waals surface area contributed by atoms with E-state index >= 15 is 0 Å². The lowest BCUT2D eigenvalue weighted by Crippen LogP contribution is -2.21. The summed E-state index contributed by atoms with van der Waals surface area (Å²) in [5.74, 6) is -2.93. The second kappa shape index (κ2) is 9.80. The molecule has 0 unspecified atom stereocenters. The van der Waals surface area contributed by atoms with Gasteiger partial charge >= 0.3 is 5.97 Å². The number of alkyl halides is 2. The Balaban J connectivity index is 1.52. The van der Waals surface area contributed by atoms with Gasteiger partial charge in [-0.1, -0.05) is 30.3 Å². The molecule has 0 bridgehead atoms. The van der Waals surface area contributed by atoms with Gasteiger partial charge in [0.1, 0.15) is 11.5 Å². The molecule has 4 rings (SSSR count). The zero-order valence-electron chi connectivity index (χ0n) is 20.1. The van der Waals surface area contributed by atoms with Crippen molar-refractivity contribution in [3.05, 3.63) is 78.1 Å². The van der Waals surface area contributed by atoms with Crippen LogP contribution in [0.1, 0.15) is 36.7 Å². The molecule has 1 aliphatic rings. The Labute approximate surface area is 207 Å². The third-order valence-electron chi connectivity index (χ3n) is 6.11. The number of nitrogens with one attached hydrogen (secondary N) is 1. The van der Waals surface area contributed by atoms with Crippen LogP contribution in [0.5, 0.6) is 0 Å². The van der Waals surface area contributed by atoms with E-state index in [0.717, 1.165) is 42.7 Å². The number of rotatable bonds is 7. The van der Waals surface area contributed by atoms with Crippen molar-refractivity contribution in [2.24, 2.45) is 10.7 Å². The van der Waals surface area contributed by atoms with E-state index in [1.54, 1.807) is 12.3 Å². The van der Waals surface area contributed by atoms with Gasteiger partial charge in [-0.3, -0.25) is 19.8 Å². The van der Waals surface area contributed by atoms with Crippen molar-refractivity contribution < 1.29 is 18.3 Å². The molecule has 0 aliphatic heterocycles. The average Bonchev–Trinajstić information content (AvgIpc) is 3.70. The van der Waals surface area contributed by atoms with Crippen molar-refractivity contribution in [3.8, 4) is 11.1 Å². The molecule has 36 heavy (non-hydrogen) atoms. The molecular formula is C26H26F2N6O2. The molecule has 3 N–H and O–H groups in total. The molecule has 0 radical (unpaired) electrons. The average molecular weight is 493 g/mol. The summed E-state index contributed by atoms with van der Waals surface area (Å²) in [6.45, 7) is 0.753. The zero-order valence-corrected chi connectivity index (χ0v) is 20.1. The highest BCUT2D eigenvalue weighted by molar-refractivity contribution is 6.27. The molecular weight excluding hydrogens is 466 g/mol. The van der Waals surface area contributed by atoms with Gasteiger partial charge in [-0.05, 0) is 30.0 Å². The maximum Gasteiger partial charge on any atom is 0.316 e. The van der Waals surface area contributed by atoms with Crippen LogP contribution in [0.25, 0.3) is 16.7 Å². The van der Waals surface area contributed by atoms with E-state index in [4.69, 9.17) is 10.5 Å². The largest absolute Gasteiger partial charge is 0.468 e. The van der Waals surface area contributed by atoms with Gasteiger partial charge in [-0.2, -0.15) is 8.78 Å². The highest BCUT2D eigenvalue weighted by Gasteiger charge is 2.52. The summed E-state index contributed by atoms with van der Waals surface area (Å²) in [5, 5.41) is 2.89. The number of pyridine rings is 1. The van der Waals surface area contributed by atoms with Crippen LogP contribution in [0.3, 0.4) is 0 Å². The number of nitrogens with two attached hydrogens (primary N) is 1. The Bertz CT molecular complexity index is 1310. The van der Waals surface area contributed by atoms with E-state index in [0.29, 0.717) is 17.1 Å². The smallest absolute Gasteiger partial charge is 0.316 e. The molecule has 0 atom stereocenters. The molecule has 1 aliphatic carbocycles. The third-order valence-corrected chi connectivity index (χ3v) is 6.11. The predicted octanol–water partition coefficient (Wildman–Crippen LogP) is 4.29. The van der Waals surface area contributed by atoms with Crippen LogP contribution in [0, 0.1) is 0 Å². The SMILES string of the molecule is CN=C(Nc1cncc(C(C)(F)F)n1)C(=CN)c1ccc(-c2ccc(C3(C(=O)OC)CC3)cc2)cn1. The fourth-order valence-corrected chi connectivity index (χ4v) is 3.93. The van der Waals surface area contributed by atoms with Crippen LogP contribution >= 0.6 is 0 Å². The Hall–Kier alpha value is -4.21. The molecule has 1 saturated carbocycles. The highest BCUT2D eigenvalue weighted by atomic mass is 19.3. The fraction of sp³-hybridized carbons (Fsp3) is 0.269. The molecule has 3 aromatic rings. The van der Waals surface area contributed by atoms with Crippen molar-refractivity contribution in [1.29, 1.82) is 0 Å². The first-order valence-electron chi connectivity index (χ1n) is 11.2. The van der Waals surface area contributed by atoms with Gasteiger partial charge in [0.2, 0.25) is 0 Å². The van der Waals surface area contributed by atoms with Crippen LogP contribution in [0.2, 0.25) is 0 Å². The fourth-order valence-electron chi connectivity index (χ4n) is 3.93. The summed E-state index contributed by atoms with van der Waals surface area (Å²) in [7, 11) is 2.95. The molecule has 8 nitrogen and oxygen atoms in total. The van der Waals surface area contributed by atoms with Crippen LogP contribution in [-0.2, 0) is 20.9 Å². The first kappa shape index (κ1) is 24.9. The van der Waals surface area contributed by atoms with E-state index in [1.165, 1.54) is 26.6 Å². The van der Waals surface area contributed by atoms with E-state index in [9.17, 15) is 13.6 Å². The van der Waals surface area contributed by atoms with Crippen molar-refractivity contribution in [3.63, 3.8) is 0 Å².